The molecule has 1 aliphatic rings. The lowest BCUT2D eigenvalue weighted by Crippen LogP contribution is -2.64. The molecule has 1 aliphatic heterocycles. The molecular weight excluding hydrogens is 1180 g/mol. The molecule has 0 saturated carbocycles. The topological polar surface area (TPSA) is 337 Å². The van der Waals surface area contributed by atoms with Gasteiger partial charge in [0, 0.05) is 67.4 Å². The lowest BCUT2D eigenvalue weighted by molar-refractivity contribution is -0.157. The normalized spacial score (nSPS) is 26.7. The van der Waals surface area contributed by atoms with Crippen LogP contribution in [0.3, 0.4) is 0 Å². The summed E-state index contributed by atoms with van der Waals surface area (Å²) in [6.45, 7) is 29.1. The second kappa shape index (κ2) is 39.0. The predicted molar refractivity (Wildman–Crippen MR) is 352 cm³/mol. The van der Waals surface area contributed by atoms with E-state index in [0.29, 0.717) is 12.8 Å². The quantitative estimate of drug-likeness (QED) is 0.0377. The number of likely N-dealkylation sites (N-methyl/N-ethyl adjacent to an activating group) is 7. The first-order valence-corrected chi connectivity index (χ1v) is 32.7. The van der Waals surface area contributed by atoms with Gasteiger partial charge in [0.1, 0.15) is 66.5 Å². The summed E-state index contributed by atoms with van der Waals surface area (Å²) in [7, 11) is 9.74. The van der Waals surface area contributed by atoms with Gasteiger partial charge in [-0.25, -0.2) is 0 Å². The van der Waals surface area contributed by atoms with Crippen molar-refractivity contribution in [3.8, 4) is 0 Å². The fourth-order valence-electron chi connectivity index (χ4n) is 11.4. The number of nitrogens with zero attached hydrogens (tertiary/aromatic N) is 10. The Morgan fingerprint density at radius 2 is 0.989 bits per heavy atom. The number of nitrogens with one attached hydrogen (secondary N) is 4. The third kappa shape index (κ3) is 23.3. The maximum atomic E-state index is 15.2. The molecule has 92 heavy (non-hydrogen) atoms. The molecule has 0 aromatic rings. The minimum atomic E-state index is -1.65. The predicted octanol–water partition coefficient (Wildman–Crippen LogP) is 4.11. The van der Waals surface area contributed by atoms with Gasteiger partial charge in [-0.2, -0.15) is 0 Å². The Hall–Kier alpha value is -6.86. The van der Waals surface area contributed by atoms with Crippen LogP contribution in [-0.2, 0) is 57.5 Å². The zero-order valence-corrected chi connectivity index (χ0v) is 59.8. The van der Waals surface area contributed by atoms with Crippen LogP contribution in [-0.4, -0.2) is 246 Å². The summed E-state index contributed by atoms with van der Waals surface area (Å²) in [5.74, 6) is -10.4. The summed E-state index contributed by atoms with van der Waals surface area (Å²) in [4.78, 5) is 173. The molecule has 0 unspecified atom stereocenters. The van der Waals surface area contributed by atoms with Crippen molar-refractivity contribution in [1.29, 1.82) is 0 Å². The standard InChI is InChI=1S/C65H116N14O13/c1-25-27-30-41(13)54(80)53-58(84)70-46(26-2)61(87)73(18)44(16)60(86)78(23)52(45(17)92-32-29-28-31-67-72-66)57(83)71-50(39(9)10)64(90)74(19)47(33-36(3)4)56(82)68-42(14)55(81)69-43(15)59(85)75(20)48(34-37(5)6)62(88)76(21)49(35-38(7)8)63(89)77(22)51(40(11)12)65(91)79(53)24/h25,27,36-54,80H,26,28-35H2,1-24H3,(H,68,82)(H,69,81)(H,70,84)(H,71,83)/b27-25+/t41-,42+,43+,44-,45-,46+,47-,48+,49-,50+,51+,52+,53+,54-/m1/s1. The Labute approximate surface area is 548 Å². The smallest absolute Gasteiger partial charge is 0.246 e. The summed E-state index contributed by atoms with van der Waals surface area (Å²) in [5, 5.41) is 26.7. The Balaban J connectivity index is 4.44. The van der Waals surface area contributed by atoms with Crippen LogP contribution in [0.5, 0.6) is 0 Å². The number of unbranched alkanes of at least 4 members (excludes halogenated alkanes) is 1. The van der Waals surface area contributed by atoms with Crippen LogP contribution in [0.2, 0.25) is 0 Å². The van der Waals surface area contributed by atoms with Gasteiger partial charge in [-0.1, -0.05) is 100 Å². The lowest BCUT2D eigenvalue weighted by Gasteiger charge is -2.41. The van der Waals surface area contributed by atoms with Crippen LogP contribution >= 0.6 is 0 Å². The molecule has 1 rings (SSSR count). The van der Waals surface area contributed by atoms with Gasteiger partial charge < -0.3 is 65.4 Å². The van der Waals surface area contributed by atoms with Gasteiger partial charge in [-0.05, 0) is 121 Å². The van der Waals surface area contributed by atoms with E-state index >= 15 is 14.4 Å². The molecular formula is C65H116N14O13. The summed E-state index contributed by atoms with van der Waals surface area (Å²) in [6.07, 6.45) is 2.46. The Morgan fingerprint density at radius 1 is 0.522 bits per heavy atom. The van der Waals surface area contributed by atoms with Crippen molar-refractivity contribution < 1.29 is 62.6 Å². The molecule has 0 radical (unpaired) electrons. The van der Waals surface area contributed by atoms with Crippen LogP contribution in [0.1, 0.15) is 163 Å². The summed E-state index contributed by atoms with van der Waals surface area (Å²) in [5.41, 5.74) is 8.79. The van der Waals surface area contributed by atoms with E-state index in [2.05, 4.69) is 31.3 Å². The minimum absolute atomic E-state index is 0.0288. The molecule has 0 aromatic heterocycles. The minimum Gasteiger partial charge on any atom is -0.390 e. The highest BCUT2D eigenvalue weighted by Crippen LogP contribution is 2.26. The highest BCUT2D eigenvalue weighted by Gasteiger charge is 2.46. The van der Waals surface area contributed by atoms with E-state index < -0.39 is 161 Å². The number of amides is 11. The number of carbonyl (C=O) groups excluding carboxylic acids is 11. The van der Waals surface area contributed by atoms with Crippen LogP contribution < -0.4 is 21.3 Å². The van der Waals surface area contributed by atoms with Crippen molar-refractivity contribution >= 4 is 65.0 Å². The van der Waals surface area contributed by atoms with Crippen LogP contribution in [0.15, 0.2) is 17.3 Å². The van der Waals surface area contributed by atoms with E-state index in [1.165, 1.54) is 89.7 Å². The molecule has 524 valence electrons. The molecule has 1 fully saturated rings. The number of rotatable bonds is 20. The first-order chi connectivity index (χ1) is 42.7. The number of hydrogen-bond donors (Lipinski definition) is 5. The molecule has 0 spiro atoms. The van der Waals surface area contributed by atoms with Crippen molar-refractivity contribution in [2.45, 2.75) is 241 Å². The first kappa shape index (κ1) is 83.2. The molecule has 14 atom stereocenters. The Morgan fingerprint density at radius 3 is 1.48 bits per heavy atom. The molecule has 1 heterocycles. The zero-order chi connectivity index (χ0) is 71.1. The van der Waals surface area contributed by atoms with E-state index in [4.69, 9.17) is 10.3 Å². The van der Waals surface area contributed by atoms with Crippen molar-refractivity contribution in [3.63, 3.8) is 0 Å². The van der Waals surface area contributed by atoms with Crippen LogP contribution in [0, 0.1) is 35.5 Å². The average Bonchev–Trinajstić information content (AvgIpc) is 0.813. The van der Waals surface area contributed by atoms with Gasteiger partial charge >= 0.3 is 0 Å². The van der Waals surface area contributed by atoms with Gasteiger partial charge in [-0.3, -0.25) is 52.7 Å². The van der Waals surface area contributed by atoms with E-state index in [1.54, 1.807) is 67.5 Å². The first-order valence-electron chi connectivity index (χ1n) is 32.7. The highest BCUT2D eigenvalue weighted by molar-refractivity contribution is 6.00. The summed E-state index contributed by atoms with van der Waals surface area (Å²) < 4.78 is 6.15. The van der Waals surface area contributed by atoms with E-state index in [1.807, 2.05) is 41.5 Å². The summed E-state index contributed by atoms with van der Waals surface area (Å²) >= 11 is 0. The van der Waals surface area contributed by atoms with Gasteiger partial charge in [0.05, 0.1) is 12.2 Å². The Bertz CT molecular complexity index is 2580. The Kier molecular flexibility index (Phi) is 35.2. The monoisotopic (exact) mass is 1300 g/mol. The number of azide groups is 1. The molecule has 0 aliphatic carbocycles. The third-order valence-corrected chi connectivity index (χ3v) is 17.3. The third-order valence-electron chi connectivity index (χ3n) is 17.3. The van der Waals surface area contributed by atoms with Crippen molar-refractivity contribution in [3.05, 3.63) is 22.6 Å². The van der Waals surface area contributed by atoms with Gasteiger partial charge in [0.25, 0.3) is 0 Å². The fourth-order valence-corrected chi connectivity index (χ4v) is 11.4. The molecule has 27 heteroatoms. The van der Waals surface area contributed by atoms with Crippen molar-refractivity contribution in [1.82, 2.24) is 55.6 Å². The van der Waals surface area contributed by atoms with Gasteiger partial charge in [0.15, 0.2) is 0 Å². The zero-order valence-electron chi connectivity index (χ0n) is 59.8. The van der Waals surface area contributed by atoms with E-state index in [9.17, 15) is 43.5 Å². The second-order valence-corrected chi connectivity index (χ2v) is 27.0. The van der Waals surface area contributed by atoms with Gasteiger partial charge in [-0.15, -0.1) is 0 Å². The molecule has 1 saturated heterocycles. The number of ether oxygens (including phenoxy) is 1. The molecule has 5 N–H and O–H groups in total. The number of aliphatic hydroxyl groups is 1. The molecule has 0 aromatic carbocycles. The number of aliphatic hydroxyl groups excluding tert-OH is 1. The number of allylic oxidation sites excluding steroid dienone is 2. The van der Waals surface area contributed by atoms with E-state index in [0.717, 1.165) is 14.7 Å². The largest absolute Gasteiger partial charge is 0.390 e. The molecule has 27 nitrogen and oxygen atoms in total. The van der Waals surface area contributed by atoms with Crippen LogP contribution in [0.4, 0.5) is 0 Å². The summed E-state index contributed by atoms with van der Waals surface area (Å²) in [6, 6.07) is -14.4. The average molecular weight is 1300 g/mol. The maximum absolute atomic E-state index is 15.2. The van der Waals surface area contributed by atoms with Crippen LogP contribution in [0.25, 0.3) is 10.4 Å². The second-order valence-electron chi connectivity index (χ2n) is 27.0. The lowest BCUT2D eigenvalue weighted by atomic mass is 9.91. The maximum Gasteiger partial charge on any atom is 0.246 e. The van der Waals surface area contributed by atoms with Gasteiger partial charge in [0.2, 0.25) is 65.0 Å². The SMILES string of the molecule is C/C=C/C[C@@H](C)[C@@H](O)[C@H]1C(=O)N[C@@H](CC)C(=O)N(C)[C@H](C)C(=O)N(C)[C@@H]([C@@H](C)OCCCCN=[N+]=[N-])C(=O)N[C@@H](C(C)C)C(=O)N(C)[C@H](CC(C)C)C(=O)N[C@@H](C)C(=O)N[C@@H](C)C(=O)N(C)[C@@H](CC(C)C)C(=O)N(C)[C@H](CC(C)C)C(=O)N(C)[C@@H](C(C)C)C(=O)N1C. The molecule has 0 bridgehead atoms. The fraction of sp³-hybridized carbons (Fsp3) is 0.800. The number of carbonyl (C=O) groups is 11. The molecule has 11 amide bonds. The number of hydrogen-bond acceptors (Lipinski definition) is 14. The van der Waals surface area contributed by atoms with Crippen molar-refractivity contribution in [2.75, 3.05) is 62.5 Å². The highest BCUT2D eigenvalue weighted by atomic mass is 16.5. The van der Waals surface area contributed by atoms with Crippen molar-refractivity contribution in [2.24, 2.45) is 40.6 Å². The van der Waals surface area contributed by atoms with E-state index in [-0.39, 0.29) is 63.0 Å².